The molecule has 0 saturated heterocycles. The summed E-state index contributed by atoms with van der Waals surface area (Å²) in [4.78, 5) is 1.88. The van der Waals surface area contributed by atoms with E-state index in [4.69, 9.17) is 0 Å². The van der Waals surface area contributed by atoms with Crippen LogP contribution in [0.3, 0.4) is 0 Å². The Hall–Kier alpha value is -7.94. The van der Waals surface area contributed by atoms with E-state index in [1.807, 2.05) is 126 Å². The molecule has 0 spiro atoms. The van der Waals surface area contributed by atoms with Gasteiger partial charge in [-0.15, -0.1) is 0 Å². The summed E-state index contributed by atoms with van der Waals surface area (Å²) in [6.07, 6.45) is 0. The summed E-state index contributed by atoms with van der Waals surface area (Å²) in [6, 6.07) is 73.6. The smallest absolute Gasteiger partial charge is 0.0645 e. The molecule has 0 N–H and O–H groups in total. The van der Waals surface area contributed by atoms with Gasteiger partial charge in [0, 0.05) is 33.5 Å². The Labute approximate surface area is 356 Å². The van der Waals surface area contributed by atoms with E-state index in [1.165, 1.54) is 5.39 Å². The molecular formula is C58H40N2. The number of para-hydroxylation sites is 1. The minimum Gasteiger partial charge on any atom is -0.310 e. The number of fused-ring (bicyclic) bond motifs is 4. The first-order valence-electron chi connectivity index (χ1n) is 22.3. The molecule has 0 unspecified atom stereocenters. The minimum absolute atomic E-state index is 0.108. The molecule has 0 saturated carbocycles. The Morgan fingerprint density at radius 3 is 1.62 bits per heavy atom. The van der Waals surface area contributed by atoms with Crippen molar-refractivity contribution in [3.8, 4) is 50.2 Å². The van der Waals surface area contributed by atoms with E-state index in [1.54, 1.807) is 0 Å². The Balaban J connectivity index is 1.09. The zero-order chi connectivity index (χ0) is 43.3. The maximum absolute atomic E-state index is 9.76. The maximum atomic E-state index is 9.76. The van der Waals surface area contributed by atoms with Gasteiger partial charge in [-0.2, -0.15) is 0 Å². The number of nitrogens with zero attached hydrogens (tertiary/aromatic N) is 2. The van der Waals surface area contributed by atoms with Crippen LogP contribution in [0.25, 0.3) is 82.8 Å². The van der Waals surface area contributed by atoms with Gasteiger partial charge in [-0.3, -0.25) is 0 Å². The Morgan fingerprint density at radius 2 is 0.883 bits per heavy atom. The van der Waals surface area contributed by atoms with Crippen molar-refractivity contribution in [3.63, 3.8) is 0 Å². The van der Waals surface area contributed by atoms with Gasteiger partial charge in [-0.25, -0.2) is 0 Å². The van der Waals surface area contributed by atoms with Gasteiger partial charge in [0.25, 0.3) is 0 Å². The van der Waals surface area contributed by atoms with E-state index in [9.17, 15) is 5.48 Å². The van der Waals surface area contributed by atoms with Crippen LogP contribution in [0, 0.1) is 0 Å². The molecular weight excluding hydrogens is 725 g/mol. The highest BCUT2D eigenvalue weighted by Gasteiger charge is 2.18. The third-order valence-electron chi connectivity index (χ3n) is 11.5. The lowest BCUT2D eigenvalue weighted by Gasteiger charge is -2.27. The van der Waals surface area contributed by atoms with Gasteiger partial charge >= 0.3 is 0 Å². The van der Waals surface area contributed by atoms with Crippen molar-refractivity contribution in [2.45, 2.75) is 0 Å². The number of anilines is 3. The largest absolute Gasteiger partial charge is 0.310 e. The predicted octanol–water partition coefficient (Wildman–Crippen LogP) is 16.1. The molecule has 0 atom stereocenters. The van der Waals surface area contributed by atoms with Gasteiger partial charge in [-0.05, 0) is 122 Å². The van der Waals surface area contributed by atoms with E-state index in [2.05, 4.69) is 102 Å². The molecule has 0 radical (unpaired) electrons. The number of hydrogen-bond donors (Lipinski definition) is 0. The van der Waals surface area contributed by atoms with Crippen molar-refractivity contribution in [3.05, 3.63) is 243 Å². The molecule has 10 aromatic carbocycles. The zero-order valence-corrected chi connectivity index (χ0v) is 32.7. The van der Waals surface area contributed by atoms with E-state index in [0.29, 0.717) is 16.9 Å². The molecule has 60 heavy (non-hydrogen) atoms. The highest BCUT2D eigenvalue weighted by Crippen LogP contribution is 2.42. The van der Waals surface area contributed by atoms with Crippen LogP contribution in [0.1, 0.15) is 5.48 Å². The predicted molar refractivity (Wildman–Crippen MR) is 255 cm³/mol. The molecule has 0 aliphatic heterocycles. The fraction of sp³-hybridized carbons (Fsp3) is 0. The molecule has 0 aliphatic carbocycles. The van der Waals surface area contributed by atoms with Gasteiger partial charge < -0.3 is 9.47 Å². The normalized spacial score (nSPS) is 12.3. The lowest BCUT2D eigenvalue weighted by Crippen LogP contribution is -2.10. The van der Waals surface area contributed by atoms with Crippen molar-refractivity contribution in [2.75, 3.05) is 4.90 Å². The lowest BCUT2D eigenvalue weighted by atomic mass is 9.93. The molecule has 1 aromatic heterocycles. The third kappa shape index (κ3) is 6.41. The van der Waals surface area contributed by atoms with Crippen LogP contribution in [0.15, 0.2) is 243 Å². The fourth-order valence-electron chi connectivity index (χ4n) is 8.52. The molecule has 2 nitrogen and oxygen atoms in total. The third-order valence-corrected chi connectivity index (χ3v) is 11.5. The van der Waals surface area contributed by atoms with Crippen LogP contribution in [0.4, 0.5) is 17.1 Å². The highest BCUT2D eigenvalue weighted by molar-refractivity contribution is 6.10. The van der Waals surface area contributed by atoms with E-state index >= 15 is 0 Å². The van der Waals surface area contributed by atoms with Gasteiger partial charge in [-0.1, -0.05) is 176 Å². The van der Waals surface area contributed by atoms with Crippen LogP contribution in [0.5, 0.6) is 0 Å². The first-order valence-corrected chi connectivity index (χ1v) is 20.3. The van der Waals surface area contributed by atoms with Gasteiger partial charge in [0.2, 0.25) is 0 Å². The molecule has 11 rings (SSSR count). The van der Waals surface area contributed by atoms with Gasteiger partial charge in [0.05, 0.1) is 16.5 Å². The fourth-order valence-corrected chi connectivity index (χ4v) is 8.52. The quantitative estimate of drug-likeness (QED) is 0.149. The van der Waals surface area contributed by atoms with Crippen LogP contribution < -0.4 is 4.90 Å². The molecule has 0 fully saturated rings. The summed E-state index contributed by atoms with van der Waals surface area (Å²) < 4.78 is 41.1. The number of benzene rings is 10. The second-order valence-corrected chi connectivity index (χ2v) is 15.0. The van der Waals surface area contributed by atoms with Crippen LogP contribution in [0.2, 0.25) is 0 Å². The Morgan fingerprint density at radius 1 is 0.317 bits per heavy atom. The lowest BCUT2D eigenvalue weighted by molar-refractivity contribution is 1.19. The first kappa shape index (κ1) is 31.1. The number of rotatable bonds is 8. The van der Waals surface area contributed by atoms with Crippen molar-refractivity contribution in [1.82, 2.24) is 4.57 Å². The molecule has 0 bridgehead atoms. The molecule has 0 amide bonds. The summed E-state index contributed by atoms with van der Waals surface area (Å²) in [6.45, 7) is 0. The molecule has 0 aliphatic rings. The Bertz CT molecular complexity index is 3500. The SMILES string of the molecule is [2H]c1c([2H])c(N(c2ccc(-c3ccccc3)cc2)c2ccc(-c3ccccc3)c(-c3ccccc3)c2)c([2H])c([2H])c1-c1ccc2c(c1)c1ccccc1n2-c1ccc2ccccc2c1. The van der Waals surface area contributed by atoms with E-state index in [0.717, 1.165) is 66.3 Å². The van der Waals surface area contributed by atoms with Gasteiger partial charge in [0.1, 0.15) is 0 Å². The topological polar surface area (TPSA) is 8.17 Å². The van der Waals surface area contributed by atoms with Crippen molar-refractivity contribution in [2.24, 2.45) is 0 Å². The summed E-state index contributed by atoms with van der Waals surface area (Å²) in [5.74, 6) is 0. The van der Waals surface area contributed by atoms with Crippen LogP contribution in [-0.2, 0) is 0 Å². The number of hydrogen-bond acceptors (Lipinski definition) is 1. The first-order chi connectivity index (χ1) is 31.4. The monoisotopic (exact) mass is 768 g/mol. The van der Waals surface area contributed by atoms with Crippen molar-refractivity contribution < 1.29 is 5.48 Å². The molecule has 282 valence electrons. The zero-order valence-electron chi connectivity index (χ0n) is 36.7. The Kier molecular flexibility index (Phi) is 7.83. The van der Waals surface area contributed by atoms with E-state index < -0.39 is 0 Å². The average molecular weight is 769 g/mol. The second kappa shape index (κ2) is 15.1. The molecule has 11 aromatic rings. The summed E-state index contributed by atoms with van der Waals surface area (Å²) in [5.41, 5.74) is 11.8. The van der Waals surface area contributed by atoms with Crippen LogP contribution >= 0.6 is 0 Å². The summed E-state index contributed by atoms with van der Waals surface area (Å²) in [7, 11) is 0. The number of aromatic nitrogens is 1. The van der Waals surface area contributed by atoms with Crippen LogP contribution in [-0.4, -0.2) is 4.57 Å². The second-order valence-electron chi connectivity index (χ2n) is 15.0. The average Bonchev–Trinajstić information content (AvgIpc) is 3.69. The highest BCUT2D eigenvalue weighted by atomic mass is 15.1. The summed E-state index contributed by atoms with van der Waals surface area (Å²) in [5, 5.41) is 4.33. The van der Waals surface area contributed by atoms with Gasteiger partial charge in [0.15, 0.2) is 0 Å². The standard InChI is InChI=1S/C58H40N2/c1-4-14-41(15-5-1)43-24-30-49(31-25-43)59(52-35-36-53(45-17-6-2-7-18-45)55(40-52)46-19-8-3-9-20-46)50-32-26-44(27-33-50)48-29-37-58-56(39-48)54-22-12-13-23-57(54)60(58)51-34-28-42-16-10-11-21-47(42)38-51/h1-40H/i26D,27D,32D,33D. The molecule has 1 heterocycles. The summed E-state index contributed by atoms with van der Waals surface area (Å²) >= 11 is 0. The van der Waals surface area contributed by atoms with E-state index in [-0.39, 0.29) is 35.4 Å². The minimum atomic E-state index is -0.129. The van der Waals surface area contributed by atoms with Crippen molar-refractivity contribution in [1.29, 1.82) is 0 Å². The molecule has 2 heteroatoms. The maximum Gasteiger partial charge on any atom is 0.0645 e. The van der Waals surface area contributed by atoms with Crippen molar-refractivity contribution >= 4 is 49.6 Å².